The summed E-state index contributed by atoms with van der Waals surface area (Å²) in [5, 5.41) is 14.9. The highest BCUT2D eigenvalue weighted by atomic mass is 15.5. The molecule has 5 nitrogen and oxygen atoms in total. The fourth-order valence-corrected chi connectivity index (χ4v) is 2.37. The third-order valence-corrected chi connectivity index (χ3v) is 3.92. The molecule has 0 bridgehead atoms. The SMILES string of the molecule is CC(NCC1CCC1)c1cccc(-n2cnnn2)c1. The average molecular weight is 257 g/mol. The first kappa shape index (κ1) is 12.3. The van der Waals surface area contributed by atoms with Crippen molar-refractivity contribution in [2.24, 2.45) is 5.92 Å². The molecule has 0 radical (unpaired) electrons. The summed E-state index contributed by atoms with van der Waals surface area (Å²) in [6.07, 6.45) is 5.77. The minimum absolute atomic E-state index is 0.358. The number of nitrogens with zero attached hydrogens (tertiary/aromatic N) is 4. The van der Waals surface area contributed by atoms with Gasteiger partial charge in [-0.25, -0.2) is 4.68 Å². The van der Waals surface area contributed by atoms with E-state index in [2.05, 4.69) is 39.9 Å². The summed E-state index contributed by atoms with van der Waals surface area (Å²) in [7, 11) is 0. The lowest BCUT2D eigenvalue weighted by Gasteiger charge is -2.27. The van der Waals surface area contributed by atoms with Crippen molar-refractivity contribution in [3.8, 4) is 5.69 Å². The van der Waals surface area contributed by atoms with E-state index in [0.29, 0.717) is 6.04 Å². The zero-order valence-corrected chi connectivity index (χ0v) is 11.2. The summed E-state index contributed by atoms with van der Waals surface area (Å²) < 4.78 is 1.68. The lowest BCUT2D eigenvalue weighted by Crippen LogP contribution is -2.29. The Labute approximate surface area is 113 Å². The second-order valence-corrected chi connectivity index (χ2v) is 5.28. The molecule has 100 valence electrons. The predicted octanol–water partition coefficient (Wildman–Crippen LogP) is 2.11. The summed E-state index contributed by atoms with van der Waals surface area (Å²) in [5.74, 6) is 0.880. The van der Waals surface area contributed by atoms with Crippen LogP contribution in [0.2, 0.25) is 0 Å². The fraction of sp³-hybridized carbons (Fsp3) is 0.500. The van der Waals surface area contributed by atoms with Crippen molar-refractivity contribution >= 4 is 0 Å². The van der Waals surface area contributed by atoms with Crippen LogP contribution in [0, 0.1) is 5.92 Å². The maximum Gasteiger partial charge on any atom is 0.143 e. The van der Waals surface area contributed by atoms with Crippen molar-refractivity contribution in [1.82, 2.24) is 25.5 Å². The maximum atomic E-state index is 3.92. The molecule has 1 aliphatic carbocycles. The van der Waals surface area contributed by atoms with Crippen LogP contribution in [0.25, 0.3) is 5.69 Å². The van der Waals surface area contributed by atoms with Crippen molar-refractivity contribution in [1.29, 1.82) is 0 Å². The van der Waals surface area contributed by atoms with Gasteiger partial charge < -0.3 is 5.32 Å². The molecule has 19 heavy (non-hydrogen) atoms. The summed E-state index contributed by atoms with van der Waals surface area (Å²) in [5.41, 5.74) is 2.27. The average Bonchev–Trinajstić information content (AvgIpc) is 2.91. The number of hydrogen-bond donors (Lipinski definition) is 1. The molecule has 0 spiro atoms. The van der Waals surface area contributed by atoms with Gasteiger partial charge >= 0.3 is 0 Å². The molecule has 0 saturated heterocycles. The molecule has 1 aromatic carbocycles. The molecule has 1 aliphatic rings. The first-order valence-corrected chi connectivity index (χ1v) is 6.89. The summed E-state index contributed by atoms with van der Waals surface area (Å²) in [6, 6.07) is 8.70. The molecule has 1 unspecified atom stereocenters. The molecule has 5 heteroatoms. The van der Waals surface area contributed by atoms with Crippen LogP contribution in [0.4, 0.5) is 0 Å². The number of nitrogens with one attached hydrogen (secondary N) is 1. The van der Waals surface area contributed by atoms with Gasteiger partial charge in [-0.2, -0.15) is 0 Å². The highest BCUT2D eigenvalue weighted by molar-refractivity contribution is 5.35. The van der Waals surface area contributed by atoms with E-state index in [1.54, 1.807) is 11.0 Å². The molecule has 1 atom stereocenters. The Morgan fingerprint density at radius 1 is 1.42 bits per heavy atom. The van der Waals surface area contributed by atoms with E-state index in [9.17, 15) is 0 Å². The van der Waals surface area contributed by atoms with Crippen LogP contribution in [0.1, 0.15) is 37.8 Å². The van der Waals surface area contributed by atoms with Crippen LogP contribution in [0.3, 0.4) is 0 Å². The molecule has 1 aromatic heterocycles. The van der Waals surface area contributed by atoms with E-state index < -0.39 is 0 Å². The van der Waals surface area contributed by atoms with Crippen LogP contribution in [0.5, 0.6) is 0 Å². The standard InChI is InChI=1S/C14H19N5/c1-11(15-9-12-4-2-5-12)13-6-3-7-14(8-13)19-10-16-17-18-19/h3,6-8,10-12,15H,2,4-5,9H2,1H3. The predicted molar refractivity (Wildman–Crippen MR) is 72.9 cm³/mol. The molecule has 0 amide bonds. The summed E-state index contributed by atoms with van der Waals surface area (Å²) in [6.45, 7) is 3.33. The van der Waals surface area contributed by atoms with Gasteiger partial charge in [-0.15, -0.1) is 5.10 Å². The van der Waals surface area contributed by atoms with Crippen molar-refractivity contribution < 1.29 is 0 Å². The highest BCUT2D eigenvalue weighted by Gasteiger charge is 2.18. The van der Waals surface area contributed by atoms with Crippen molar-refractivity contribution in [2.75, 3.05) is 6.54 Å². The molecule has 1 fully saturated rings. The number of tetrazole rings is 1. The van der Waals surface area contributed by atoms with Gasteiger partial charge in [0.15, 0.2) is 0 Å². The van der Waals surface area contributed by atoms with Gasteiger partial charge in [0, 0.05) is 6.04 Å². The van der Waals surface area contributed by atoms with Gasteiger partial charge in [0.1, 0.15) is 6.33 Å². The van der Waals surface area contributed by atoms with Crippen molar-refractivity contribution in [3.05, 3.63) is 36.2 Å². The lowest BCUT2D eigenvalue weighted by atomic mass is 9.85. The molecule has 1 heterocycles. The molecular formula is C14H19N5. The van der Waals surface area contributed by atoms with Crippen LogP contribution >= 0.6 is 0 Å². The molecule has 2 aromatic rings. The van der Waals surface area contributed by atoms with E-state index in [0.717, 1.165) is 18.2 Å². The Balaban J connectivity index is 1.67. The van der Waals surface area contributed by atoms with Crippen molar-refractivity contribution in [2.45, 2.75) is 32.2 Å². The molecule has 1 N–H and O–H groups in total. The molecule has 3 rings (SSSR count). The minimum atomic E-state index is 0.358. The highest BCUT2D eigenvalue weighted by Crippen LogP contribution is 2.26. The zero-order chi connectivity index (χ0) is 13.1. The minimum Gasteiger partial charge on any atom is -0.310 e. The van der Waals surface area contributed by atoms with Crippen LogP contribution in [-0.4, -0.2) is 26.8 Å². The Morgan fingerprint density at radius 2 is 2.32 bits per heavy atom. The second kappa shape index (κ2) is 5.48. The summed E-state index contributed by atoms with van der Waals surface area (Å²) in [4.78, 5) is 0. The zero-order valence-electron chi connectivity index (χ0n) is 11.2. The van der Waals surface area contributed by atoms with E-state index in [1.165, 1.54) is 24.8 Å². The number of benzene rings is 1. The normalized spacial score (nSPS) is 17.1. The van der Waals surface area contributed by atoms with E-state index in [4.69, 9.17) is 0 Å². The fourth-order valence-electron chi connectivity index (χ4n) is 2.37. The van der Waals surface area contributed by atoms with Gasteiger partial charge in [0.2, 0.25) is 0 Å². The van der Waals surface area contributed by atoms with Gasteiger partial charge in [-0.1, -0.05) is 18.6 Å². The van der Waals surface area contributed by atoms with Crippen LogP contribution < -0.4 is 5.32 Å². The molecular weight excluding hydrogens is 238 g/mol. The maximum absolute atomic E-state index is 3.92. The van der Waals surface area contributed by atoms with Gasteiger partial charge in [-0.05, 0) is 60.4 Å². The quantitative estimate of drug-likeness (QED) is 0.891. The van der Waals surface area contributed by atoms with Gasteiger partial charge in [0.05, 0.1) is 5.69 Å². The number of hydrogen-bond acceptors (Lipinski definition) is 4. The summed E-state index contributed by atoms with van der Waals surface area (Å²) >= 11 is 0. The van der Waals surface area contributed by atoms with E-state index in [1.807, 2.05) is 12.1 Å². The molecule has 1 saturated carbocycles. The largest absolute Gasteiger partial charge is 0.310 e. The molecule has 0 aliphatic heterocycles. The third kappa shape index (κ3) is 2.81. The van der Waals surface area contributed by atoms with Crippen LogP contribution in [0.15, 0.2) is 30.6 Å². The first-order chi connectivity index (χ1) is 9.33. The Hall–Kier alpha value is -1.75. The third-order valence-electron chi connectivity index (χ3n) is 3.92. The number of aromatic nitrogens is 4. The smallest absolute Gasteiger partial charge is 0.143 e. The van der Waals surface area contributed by atoms with Crippen molar-refractivity contribution in [3.63, 3.8) is 0 Å². The Morgan fingerprint density at radius 3 is 3.00 bits per heavy atom. The van der Waals surface area contributed by atoms with Crippen LogP contribution in [-0.2, 0) is 0 Å². The van der Waals surface area contributed by atoms with E-state index >= 15 is 0 Å². The Bertz CT molecular complexity index is 518. The number of rotatable bonds is 5. The van der Waals surface area contributed by atoms with Gasteiger partial charge in [-0.3, -0.25) is 0 Å². The van der Waals surface area contributed by atoms with E-state index in [-0.39, 0.29) is 0 Å². The monoisotopic (exact) mass is 257 g/mol. The lowest BCUT2D eigenvalue weighted by molar-refractivity contribution is 0.292. The topological polar surface area (TPSA) is 55.6 Å². The second-order valence-electron chi connectivity index (χ2n) is 5.28. The Kier molecular flexibility index (Phi) is 3.55. The first-order valence-electron chi connectivity index (χ1n) is 6.89. The van der Waals surface area contributed by atoms with Gasteiger partial charge in [0.25, 0.3) is 0 Å².